The number of nitrogens with zero attached hydrogens (tertiary/aromatic N) is 1. The molecule has 6 heteroatoms. The highest BCUT2D eigenvalue weighted by Gasteiger charge is 2.20. The van der Waals surface area contributed by atoms with Gasteiger partial charge in [-0.05, 0) is 36.5 Å². The highest BCUT2D eigenvalue weighted by Crippen LogP contribution is 2.27. The van der Waals surface area contributed by atoms with E-state index in [1.807, 2.05) is 12.1 Å². The molecular formula is C14H21N3O2S. The Morgan fingerprint density at radius 3 is 2.40 bits per heavy atom. The highest BCUT2D eigenvalue weighted by molar-refractivity contribution is 7.90. The van der Waals surface area contributed by atoms with Crippen molar-refractivity contribution in [3.8, 4) is 0 Å². The molecule has 0 atom stereocenters. The van der Waals surface area contributed by atoms with Crippen molar-refractivity contribution in [2.45, 2.75) is 24.3 Å². The van der Waals surface area contributed by atoms with Crippen LogP contribution in [0.15, 0.2) is 34.2 Å². The van der Waals surface area contributed by atoms with Crippen LogP contribution in [0.2, 0.25) is 0 Å². The van der Waals surface area contributed by atoms with E-state index in [4.69, 9.17) is 0 Å². The molecule has 2 N–H and O–H groups in total. The fourth-order valence-corrected chi connectivity index (χ4v) is 2.45. The molecule has 0 saturated heterocycles. The zero-order chi connectivity index (χ0) is 14.6. The first kappa shape index (κ1) is 14.8. The Labute approximate surface area is 120 Å². The van der Waals surface area contributed by atoms with Crippen LogP contribution in [0, 0.1) is 5.92 Å². The lowest BCUT2D eigenvalue weighted by Gasteiger charge is -2.11. The van der Waals surface area contributed by atoms with E-state index in [9.17, 15) is 8.42 Å². The second-order valence-corrected chi connectivity index (χ2v) is 7.18. The van der Waals surface area contributed by atoms with Crippen molar-refractivity contribution in [1.29, 1.82) is 0 Å². The van der Waals surface area contributed by atoms with E-state index in [2.05, 4.69) is 15.6 Å². The lowest BCUT2D eigenvalue weighted by atomic mass is 10.2. The maximum atomic E-state index is 11.4. The van der Waals surface area contributed by atoms with Gasteiger partial charge in [0.15, 0.2) is 15.8 Å². The first-order valence-corrected chi connectivity index (χ1v) is 8.61. The number of nitrogens with one attached hydrogen (secondary N) is 2. The van der Waals surface area contributed by atoms with Gasteiger partial charge in [0, 0.05) is 26.4 Å². The third-order valence-corrected chi connectivity index (χ3v) is 4.42. The largest absolute Gasteiger partial charge is 0.356 e. The molecule has 20 heavy (non-hydrogen) atoms. The summed E-state index contributed by atoms with van der Waals surface area (Å²) >= 11 is 0. The molecule has 1 fully saturated rings. The Balaban J connectivity index is 1.86. The molecule has 0 aliphatic heterocycles. The lowest BCUT2D eigenvalue weighted by Crippen LogP contribution is -2.37. The summed E-state index contributed by atoms with van der Waals surface area (Å²) in [6.45, 7) is 1.58. The predicted molar refractivity (Wildman–Crippen MR) is 80.5 cm³/mol. The minimum Gasteiger partial charge on any atom is -0.356 e. The van der Waals surface area contributed by atoms with Gasteiger partial charge < -0.3 is 10.6 Å². The fourth-order valence-electron chi connectivity index (χ4n) is 1.82. The summed E-state index contributed by atoms with van der Waals surface area (Å²) in [6.07, 6.45) is 3.82. The van der Waals surface area contributed by atoms with Gasteiger partial charge in [-0.3, -0.25) is 4.99 Å². The number of hydrogen-bond donors (Lipinski definition) is 2. The summed E-state index contributed by atoms with van der Waals surface area (Å²) in [7, 11) is -1.38. The van der Waals surface area contributed by atoms with Gasteiger partial charge in [-0.1, -0.05) is 12.1 Å². The molecule has 1 saturated carbocycles. The van der Waals surface area contributed by atoms with Crippen LogP contribution in [0.25, 0.3) is 0 Å². The van der Waals surface area contributed by atoms with E-state index < -0.39 is 9.84 Å². The van der Waals surface area contributed by atoms with Crippen LogP contribution in [-0.4, -0.2) is 34.2 Å². The quantitative estimate of drug-likeness (QED) is 0.632. The number of rotatable bonds is 5. The Kier molecular flexibility index (Phi) is 4.65. The topological polar surface area (TPSA) is 70.6 Å². The van der Waals surface area contributed by atoms with Gasteiger partial charge in [-0.25, -0.2) is 8.42 Å². The molecule has 1 aromatic carbocycles. The standard InChI is InChI=1S/C14H21N3O2S/c1-15-14(16-9-11-3-4-11)17-10-12-5-7-13(8-6-12)20(2,18)19/h5-8,11H,3-4,9-10H2,1-2H3,(H2,15,16,17). The zero-order valence-electron chi connectivity index (χ0n) is 11.9. The average Bonchev–Trinajstić information content (AvgIpc) is 3.22. The van der Waals surface area contributed by atoms with Gasteiger partial charge in [-0.2, -0.15) is 0 Å². The van der Waals surface area contributed by atoms with Gasteiger partial charge in [0.1, 0.15) is 0 Å². The highest BCUT2D eigenvalue weighted by atomic mass is 32.2. The second-order valence-electron chi connectivity index (χ2n) is 5.17. The second kappa shape index (κ2) is 6.26. The van der Waals surface area contributed by atoms with Crippen LogP contribution in [0.4, 0.5) is 0 Å². The number of sulfone groups is 1. The van der Waals surface area contributed by atoms with Crippen molar-refractivity contribution < 1.29 is 8.42 Å². The van der Waals surface area contributed by atoms with E-state index in [-0.39, 0.29) is 0 Å². The van der Waals surface area contributed by atoms with Crippen LogP contribution in [0.5, 0.6) is 0 Å². The first-order chi connectivity index (χ1) is 9.49. The van der Waals surface area contributed by atoms with E-state index in [1.54, 1.807) is 19.2 Å². The molecule has 1 aliphatic rings. The minimum atomic E-state index is -3.12. The third kappa shape index (κ3) is 4.52. The number of guanidine groups is 1. The molecular weight excluding hydrogens is 274 g/mol. The van der Waals surface area contributed by atoms with Gasteiger partial charge in [0.25, 0.3) is 0 Å². The van der Waals surface area contributed by atoms with Gasteiger partial charge >= 0.3 is 0 Å². The molecule has 1 aromatic rings. The van der Waals surface area contributed by atoms with Gasteiger partial charge in [0.05, 0.1) is 4.90 Å². The summed E-state index contributed by atoms with van der Waals surface area (Å²) in [5.41, 5.74) is 1.02. The van der Waals surface area contributed by atoms with Crippen LogP contribution in [0.1, 0.15) is 18.4 Å². The van der Waals surface area contributed by atoms with Crippen molar-refractivity contribution in [2.75, 3.05) is 19.8 Å². The van der Waals surface area contributed by atoms with Crippen molar-refractivity contribution in [3.63, 3.8) is 0 Å². The molecule has 0 bridgehead atoms. The average molecular weight is 295 g/mol. The van der Waals surface area contributed by atoms with E-state index >= 15 is 0 Å². The maximum absolute atomic E-state index is 11.4. The molecule has 0 heterocycles. The summed E-state index contributed by atoms with van der Waals surface area (Å²) in [4.78, 5) is 4.50. The van der Waals surface area contributed by atoms with Crippen LogP contribution in [0.3, 0.4) is 0 Å². The molecule has 5 nitrogen and oxygen atoms in total. The number of benzene rings is 1. The normalized spacial score (nSPS) is 16.0. The van der Waals surface area contributed by atoms with E-state index in [1.165, 1.54) is 19.1 Å². The van der Waals surface area contributed by atoms with E-state index in [0.717, 1.165) is 24.0 Å². The van der Waals surface area contributed by atoms with Gasteiger partial charge in [-0.15, -0.1) is 0 Å². The Morgan fingerprint density at radius 1 is 1.25 bits per heavy atom. The molecule has 110 valence electrons. The van der Waals surface area contributed by atoms with E-state index in [0.29, 0.717) is 11.4 Å². The molecule has 0 amide bonds. The Bertz CT molecular complexity index is 575. The molecule has 0 unspecified atom stereocenters. The smallest absolute Gasteiger partial charge is 0.191 e. The fraction of sp³-hybridized carbons (Fsp3) is 0.500. The summed E-state index contributed by atoms with van der Waals surface area (Å²) < 4.78 is 22.7. The lowest BCUT2D eigenvalue weighted by molar-refractivity contribution is 0.602. The first-order valence-electron chi connectivity index (χ1n) is 6.72. The molecule has 1 aliphatic carbocycles. The predicted octanol–water partition coefficient (Wildman–Crippen LogP) is 1.17. The molecule has 0 spiro atoms. The van der Waals surface area contributed by atoms with Crippen molar-refractivity contribution in [2.24, 2.45) is 10.9 Å². The van der Waals surface area contributed by atoms with Gasteiger partial charge in [0.2, 0.25) is 0 Å². The minimum absolute atomic E-state index is 0.345. The SMILES string of the molecule is CN=C(NCc1ccc(S(C)(=O)=O)cc1)NCC1CC1. The Hall–Kier alpha value is -1.56. The number of aliphatic imine (C=N–C) groups is 1. The van der Waals surface area contributed by atoms with Crippen LogP contribution in [-0.2, 0) is 16.4 Å². The Morgan fingerprint density at radius 2 is 1.90 bits per heavy atom. The summed E-state index contributed by atoms with van der Waals surface area (Å²) in [5.74, 6) is 1.58. The summed E-state index contributed by atoms with van der Waals surface area (Å²) in [5, 5.41) is 6.50. The summed E-state index contributed by atoms with van der Waals surface area (Å²) in [6, 6.07) is 6.90. The molecule has 0 aromatic heterocycles. The van der Waals surface area contributed by atoms with Crippen LogP contribution >= 0.6 is 0 Å². The third-order valence-electron chi connectivity index (χ3n) is 3.29. The molecule has 2 rings (SSSR count). The zero-order valence-corrected chi connectivity index (χ0v) is 12.7. The van der Waals surface area contributed by atoms with Crippen molar-refractivity contribution in [3.05, 3.63) is 29.8 Å². The van der Waals surface area contributed by atoms with Crippen LogP contribution < -0.4 is 10.6 Å². The maximum Gasteiger partial charge on any atom is 0.191 e. The molecule has 0 radical (unpaired) electrons. The number of hydrogen-bond acceptors (Lipinski definition) is 3. The van der Waals surface area contributed by atoms with Crippen molar-refractivity contribution in [1.82, 2.24) is 10.6 Å². The monoisotopic (exact) mass is 295 g/mol. The van der Waals surface area contributed by atoms with Crippen molar-refractivity contribution >= 4 is 15.8 Å².